The van der Waals surface area contributed by atoms with Crippen molar-refractivity contribution in [1.82, 2.24) is 4.57 Å². The Labute approximate surface area is 172 Å². The third kappa shape index (κ3) is 4.17. The van der Waals surface area contributed by atoms with E-state index in [2.05, 4.69) is 5.32 Å². The lowest BCUT2D eigenvalue weighted by molar-refractivity contribution is 0.439. The summed E-state index contributed by atoms with van der Waals surface area (Å²) in [6, 6.07) is 7.79. The molecule has 0 atom stereocenters. The number of nitrogens with zero attached hydrogens (tertiary/aromatic N) is 1. The number of nitrogen functional groups attached to an aromatic ring is 1. The van der Waals surface area contributed by atoms with Gasteiger partial charge in [-0.2, -0.15) is 0 Å². The number of ether oxygens (including phenoxy) is 1. The van der Waals surface area contributed by atoms with E-state index in [1.807, 2.05) is 13.8 Å². The van der Waals surface area contributed by atoms with Gasteiger partial charge < -0.3 is 25.8 Å². The number of hydrogen-bond donors (Lipinski definition) is 3. The molecule has 1 aromatic heterocycles. The molecule has 0 fully saturated rings. The van der Waals surface area contributed by atoms with Crippen LogP contribution in [0, 0.1) is 17.0 Å². The number of nitrogens with two attached hydrogens (primary N) is 1. The van der Waals surface area contributed by atoms with Crippen LogP contribution in [-0.2, 0) is 7.05 Å². The first-order valence-electron chi connectivity index (χ1n) is 9.24. The van der Waals surface area contributed by atoms with E-state index in [4.69, 9.17) is 15.9 Å². The van der Waals surface area contributed by atoms with Crippen LogP contribution in [0.4, 0.5) is 20.2 Å². The topological polar surface area (TPSA) is 93.1 Å². The lowest BCUT2D eigenvalue weighted by Gasteiger charge is -2.20. The molecule has 0 unspecified atom stereocenters. The molecule has 0 saturated carbocycles. The van der Waals surface area contributed by atoms with E-state index in [-0.39, 0.29) is 28.7 Å². The second-order valence-electron chi connectivity index (χ2n) is 7.12. The van der Waals surface area contributed by atoms with Crippen molar-refractivity contribution in [3.8, 4) is 22.6 Å². The van der Waals surface area contributed by atoms with Crippen molar-refractivity contribution in [3.63, 3.8) is 0 Å². The Bertz CT molecular complexity index is 1170. The van der Waals surface area contributed by atoms with Crippen LogP contribution >= 0.6 is 0 Å². The number of pyridine rings is 1. The standard InChI is InChI=1S/C22H22F2N4O2/c1-12(2)27-21-16(10-25)22(29)28(3)11-17(21)15-9-14(26)5-7-19(15)30-20-6-4-13(23)8-18(20)24/h4-12,25,27H,26H2,1-3H3. The lowest BCUT2D eigenvalue weighted by atomic mass is 10.0. The highest BCUT2D eigenvalue weighted by Crippen LogP contribution is 2.39. The van der Waals surface area contributed by atoms with Gasteiger partial charge in [-0.3, -0.25) is 4.79 Å². The largest absolute Gasteiger partial charge is 0.454 e. The minimum atomic E-state index is -0.848. The average Bonchev–Trinajstić information content (AvgIpc) is 2.68. The molecule has 30 heavy (non-hydrogen) atoms. The fourth-order valence-electron chi connectivity index (χ4n) is 3.06. The van der Waals surface area contributed by atoms with Crippen molar-refractivity contribution in [1.29, 1.82) is 5.41 Å². The number of rotatable bonds is 6. The molecule has 0 spiro atoms. The summed E-state index contributed by atoms with van der Waals surface area (Å²) in [4.78, 5) is 12.5. The fraction of sp³-hybridized carbons (Fsp3) is 0.182. The van der Waals surface area contributed by atoms with Gasteiger partial charge in [0.2, 0.25) is 0 Å². The van der Waals surface area contributed by atoms with E-state index in [9.17, 15) is 13.6 Å². The highest BCUT2D eigenvalue weighted by atomic mass is 19.1. The molecule has 2 aromatic carbocycles. The van der Waals surface area contributed by atoms with Gasteiger partial charge in [-0.25, -0.2) is 8.78 Å². The van der Waals surface area contributed by atoms with Crippen molar-refractivity contribution < 1.29 is 13.5 Å². The zero-order valence-corrected chi connectivity index (χ0v) is 16.8. The molecule has 3 rings (SSSR count). The minimum absolute atomic E-state index is 0.0328. The summed E-state index contributed by atoms with van der Waals surface area (Å²) in [6.45, 7) is 3.80. The second-order valence-corrected chi connectivity index (χ2v) is 7.12. The highest BCUT2D eigenvalue weighted by molar-refractivity contribution is 5.94. The molecule has 1 heterocycles. The summed E-state index contributed by atoms with van der Waals surface area (Å²) in [6.07, 6.45) is 2.59. The Hall–Kier alpha value is -3.68. The third-order valence-electron chi connectivity index (χ3n) is 4.40. The molecule has 0 saturated heterocycles. The van der Waals surface area contributed by atoms with E-state index in [1.165, 1.54) is 10.6 Å². The van der Waals surface area contributed by atoms with Crippen LogP contribution in [0.25, 0.3) is 11.1 Å². The zero-order chi connectivity index (χ0) is 22.0. The summed E-state index contributed by atoms with van der Waals surface area (Å²) in [5.41, 5.74) is 7.72. The van der Waals surface area contributed by atoms with Gasteiger partial charge >= 0.3 is 0 Å². The lowest BCUT2D eigenvalue weighted by Crippen LogP contribution is -2.25. The Balaban J connectivity index is 2.25. The Morgan fingerprint density at radius 1 is 1.13 bits per heavy atom. The van der Waals surface area contributed by atoms with Crippen LogP contribution in [0.3, 0.4) is 0 Å². The molecule has 0 radical (unpaired) electrons. The predicted octanol–water partition coefficient (Wildman–Crippen LogP) is 4.52. The molecule has 8 heteroatoms. The maximum atomic E-state index is 14.2. The number of hydrogen-bond acceptors (Lipinski definition) is 5. The van der Waals surface area contributed by atoms with Gasteiger partial charge in [0, 0.05) is 48.4 Å². The number of aryl methyl sites for hydroxylation is 1. The van der Waals surface area contributed by atoms with Gasteiger partial charge in [-0.15, -0.1) is 0 Å². The molecular weight excluding hydrogens is 390 g/mol. The molecule has 6 nitrogen and oxygen atoms in total. The van der Waals surface area contributed by atoms with Crippen molar-refractivity contribution in [2.45, 2.75) is 19.9 Å². The summed E-state index contributed by atoms with van der Waals surface area (Å²) in [5, 5.41) is 10.9. The fourth-order valence-corrected chi connectivity index (χ4v) is 3.06. The van der Waals surface area contributed by atoms with Crippen LogP contribution in [-0.4, -0.2) is 16.8 Å². The number of aromatic nitrogens is 1. The van der Waals surface area contributed by atoms with Crippen molar-refractivity contribution in [3.05, 3.63) is 70.1 Å². The monoisotopic (exact) mass is 412 g/mol. The van der Waals surface area contributed by atoms with E-state index < -0.39 is 11.6 Å². The maximum absolute atomic E-state index is 14.2. The van der Waals surface area contributed by atoms with E-state index in [1.54, 1.807) is 31.4 Å². The summed E-state index contributed by atoms with van der Waals surface area (Å²) < 4.78 is 34.5. The van der Waals surface area contributed by atoms with Crippen LogP contribution in [0.15, 0.2) is 47.4 Å². The first kappa shape index (κ1) is 21.0. The second kappa shape index (κ2) is 8.36. The van der Waals surface area contributed by atoms with Gasteiger partial charge in [-0.1, -0.05) is 0 Å². The quantitative estimate of drug-likeness (QED) is 0.410. The maximum Gasteiger partial charge on any atom is 0.261 e. The van der Waals surface area contributed by atoms with Gasteiger partial charge in [0.15, 0.2) is 11.6 Å². The van der Waals surface area contributed by atoms with Crippen molar-refractivity contribution >= 4 is 17.6 Å². The molecule has 0 amide bonds. The highest BCUT2D eigenvalue weighted by Gasteiger charge is 2.19. The number of nitrogens with one attached hydrogen (secondary N) is 2. The normalized spacial score (nSPS) is 10.9. The summed E-state index contributed by atoms with van der Waals surface area (Å²) in [7, 11) is 1.57. The molecule has 0 aliphatic heterocycles. The average molecular weight is 412 g/mol. The van der Waals surface area contributed by atoms with Crippen LogP contribution < -0.4 is 21.3 Å². The predicted molar refractivity (Wildman–Crippen MR) is 115 cm³/mol. The Morgan fingerprint density at radius 3 is 2.47 bits per heavy atom. The van der Waals surface area contributed by atoms with E-state index in [0.29, 0.717) is 22.5 Å². The zero-order valence-electron chi connectivity index (χ0n) is 16.8. The SMILES string of the molecule is CC(C)Nc1c(-c2cc(N)ccc2Oc2ccc(F)cc2F)cn(C)c(=O)c1C=N. The molecule has 0 aliphatic rings. The first-order valence-corrected chi connectivity index (χ1v) is 9.24. The van der Waals surface area contributed by atoms with Crippen LogP contribution in [0.2, 0.25) is 0 Å². The van der Waals surface area contributed by atoms with Crippen LogP contribution in [0.1, 0.15) is 19.4 Å². The van der Waals surface area contributed by atoms with Gasteiger partial charge in [0.25, 0.3) is 5.56 Å². The third-order valence-corrected chi connectivity index (χ3v) is 4.40. The number of anilines is 2. The van der Waals surface area contributed by atoms with Crippen molar-refractivity contribution in [2.75, 3.05) is 11.1 Å². The minimum Gasteiger partial charge on any atom is -0.454 e. The molecule has 3 aromatic rings. The molecule has 156 valence electrons. The van der Waals surface area contributed by atoms with Gasteiger partial charge in [0.1, 0.15) is 11.6 Å². The van der Waals surface area contributed by atoms with Crippen LogP contribution in [0.5, 0.6) is 11.5 Å². The van der Waals surface area contributed by atoms with Gasteiger partial charge in [-0.05, 0) is 44.2 Å². The first-order chi connectivity index (χ1) is 14.2. The Kier molecular flexibility index (Phi) is 5.86. The molecular formula is C22H22F2N4O2. The molecule has 0 aliphatic carbocycles. The molecule has 0 bridgehead atoms. The Morgan fingerprint density at radius 2 is 1.83 bits per heavy atom. The van der Waals surface area contributed by atoms with E-state index >= 15 is 0 Å². The van der Waals surface area contributed by atoms with Gasteiger partial charge in [0.05, 0.1) is 11.3 Å². The molecule has 4 N–H and O–H groups in total. The summed E-state index contributed by atoms with van der Waals surface area (Å²) in [5.74, 6) is -1.46. The smallest absolute Gasteiger partial charge is 0.261 e. The number of benzene rings is 2. The summed E-state index contributed by atoms with van der Waals surface area (Å²) >= 11 is 0. The number of halogens is 2. The van der Waals surface area contributed by atoms with E-state index in [0.717, 1.165) is 18.3 Å². The van der Waals surface area contributed by atoms with Crippen molar-refractivity contribution in [2.24, 2.45) is 7.05 Å².